The highest BCUT2D eigenvalue weighted by Crippen LogP contribution is 2.25. The SMILES string of the molecule is CC(NC(c1ccccc1)c1ccccc1)c1ccccc1. The minimum Gasteiger partial charge on any atom is -0.300 e. The van der Waals surface area contributed by atoms with Crippen LogP contribution in [0.2, 0.25) is 0 Å². The third-order valence-corrected chi connectivity index (χ3v) is 3.98. The van der Waals surface area contributed by atoms with Gasteiger partial charge in [0.1, 0.15) is 0 Å². The minimum absolute atomic E-state index is 0.192. The summed E-state index contributed by atoms with van der Waals surface area (Å²) < 4.78 is 0. The average Bonchev–Trinajstić information content (AvgIpc) is 2.62. The van der Waals surface area contributed by atoms with Crippen LogP contribution in [0.3, 0.4) is 0 Å². The van der Waals surface area contributed by atoms with E-state index in [2.05, 4.69) is 103 Å². The molecule has 110 valence electrons. The van der Waals surface area contributed by atoms with E-state index < -0.39 is 0 Å². The summed E-state index contributed by atoms with van der Waals surface area (Å²) in [5.41, 5.74) is 3.88. The Morgan fingerprint density at radius 3 is 1.32 bits per heavy atom. The van der Waals surface area contributed by atoms with Crippen molar-refractivity contribution in [2.45, 2.75) is 19.0 Å². The van der Waals surface area contributed by atoms with Crippen LogP contribution in [0.15, 0.2) is 91.0 Å². The van der Waals surface area contributed by atoms with Crippen LogP contribution in [-0.4, -0.2) is 0 Å². The molecule has 0 saturated heterocycles. The Bertz CT molecular complexity index is 637. The summed E-state index contributed by atoms with van der Waals surface area (Å²) in [7, 11) is 0. The van der Waals surface area contributed by atoms with Gasteiger partial charge in [-0.3, -0.25) is 5.32 Å². The van der Waals surface area contributed by atoms with Crippen molar-refractivity contribution in [1.29, 1.82) is 0 Å². The molecule has 0 bridgehead atoms. The highest BCUT2D eigenvalue weighted by molar-refractivity contribution is 5.32. The second-order valence-electron chi connectivity index (χ2n) is 5.55. The van der Waals surface area contributed by atoms with Crippen LogP contribution in [0, 0.1) is 0 Å². The zero-order chi connectivity index (χ0) is 15.2. The van der Waals surface area contributed by atoms with Crippen molar-refractivity contribution < 1.29 is 0 Å². The molecule has 1 atom stereocenters. The Labute approximate surface area is 132 Å². The Hall–Kier alpha value is -2.38. The molecule has 0 aliphatic carbocycles. The molecule has 0 spiro atoms. The summed E-state index contributed by atoms with van der Waals surface area (Å²) in [6, 6.07) is 32.3. The zero-order valence-corrected chi connectivity index (χ0v) is 12.8. The number of hydrogen-bond acceptors (Lipinski definition) is 1. The van der Waals surface area contributed by atoms with Gasteiger partial charge >= 0.3 is 0 Å². The van der Waals surface area contributed by atoms with Gasteiger partial charge in [0.15, 0.2) is 0 Å². The van der Waals surface area contributed by atoms with Crippen molar-refractivity contribution >= 4 is 0 Å². The van der Waals surface area contributed by atoms with Gasteiger partial charge in [-0.25, -0.2) is 0 Å². The summed E-state index contributed by atoms with van der Waals surface area (Å²) in [5, 5.41) is 3.77. The van der Waals surface area contributed by atoms with E-state index in [1.807, 2.05) is 0 Å². The molecule has 0 radical (unpaired) electrons. The number of hydrogen-bond donors (Lipinski definition) is 1. The Morgan fingerprint density at radius 2 is 0.909 bits per heavy atom. The molecule has 1 N–H and O–H groups in total. The Balaban J connectivity index is 1.90. The molecule has 3 rings (SSSR count). The quantitative estimate of drug-likeness (QED) is 0.686. The van der Waals surface area contributed by atoms with Gasteiger partial charge in [0.25, 0.3) is 0 Å². The molecule has 3 aromatic rings. The lowest BCUT2D eigenvalue weighted by Crippen LogP contribution is -2.25. The van der Waals surface area contributed by atoms with Gasteiger partial charge in [-0.1, -0.05) is 91.0 Å². The van der Waals surface area contributed by atoms with Crippen molar-refractivity contribution in [1.82, 2.24) is 5.32 Å². The van der Waals surface area contributed by atoms with E-state index >= 15 is 0 Å². The van der Waals surface area contributed by atoms with E-state index in [0.717, 1.165) is 0 Å². The first-order chi connectivity index (χ1) is 10.8. The molecule has 0 saturated carbocycles. The van der Waals surface area contributed by atoms with Gasteiger partial charge in [-0.2, -0.15) is 0 Å². The molecule has 0 aliphatic rings. The molecule has 3 aromatic carbocycles. The smallest absolute Gasteiger partial charge is 0.0581 e. The first-order valence-electron chi connectivity index (χ1n) is 7.75. The number of nitrogens with one attached hydrogen (secondary N) is 1. The van der Waals surface area contributed by atoms with E-state index in [4.69, 9.17) is 0 Å². The monoisotopic (exact) mass is 287 g/mol. The van der Waals surface area contributed by atoms with Crippen LogP contribution >= 0.6 is 0 Å². The highest BCUT2D eigenvalue weighted by Gasteiger charge is 2.16. The van der Waals surface area contributed by atoms with E-state index in [1.165, 1.54) is 16.7 Å². The second-order valence-corrected chi connectivity index (χ2v) is 5.55. The standard InChI is InChI=1S/C21H21N/c1-17(18-11-5-2-6-12-18)22-21(19-13-7-3-8-14-19)20-15-9-4-10-16-20/h2-17,21-22H,1H3. The summed E-state index contributed by atoms with van der Waals surface area (Å²) in [6.45, 7) is 2.22. The summed E-state index contributed by atoms with van der Waals surface area (Å²) >= 11 is 0. The summed E-state index contributed by atoms with van der Waals surface area (Å²) in [4.78, 5) is 0. The fourth-order valence-electron chi connectivity index (χ4n) is 2.76. The maximum absolute atomic E-state index is 3.77. The van der Waals surface area contributed by atoms with Crippen molar-refractivity contribution in [2.24, 2.45) is 0 Å². The van der Waals surface area contributed by atoms with Crippen LogP contribution in [0.1, 0.15) is 35.7 Å². The normalized spacial score (nSPS) is 12.3. The lowest BCUT2D eigenvalue weighted by atomic mass is 9.97. The van der Waals surface area contributed by atoms with Gasteiger partial charge in [0.2, 0.25) is 0 Å². The van der Waals surface area contributed by atoms with Crippen molar-refractivity contribution in [2.75, 3.05) is 0 Å². The fraction of sp³-hybridized carbons (Fsp3) is 0.143. The topological polar surface area (TPSA) is 12.0 Å². The van der Waals surface area contributed by atoms with Crippen LogP contribution < -0.4 is 5.32 Å². The van der Waals surface area contributed by atoms with Crippen LogP contribution in [-0.2, 0) is 0 Å². The maximum atomic E-state index is 3.77. The molecule has 22 heavy (non-hydrogen) atoms. The van der Waals surface area contributed by atoms with E-state index in [1.54, 1.807) is 0 Å². The van der Waals surface area contributed by atoms with Crippen LogP contribution in [0.4, 0.5) is 0 Å². The summed E-state index contributed by atoms with van der Waals surface area (Å²) in [5.74, 6) is 0. The van der Waals surface area contributed by atoms with Crippen LogP contribution in [0.25, 0.3) is 0 Å². The van der Waals surface area contributed by atoms with Gasteiger partial charge < -0.3 is 0 Å². The molecule has 1 unspecified atom stereocenters. The minimum atomic E-state index is 0.192. The molecular weight excluding hydrogens is 266 g/mol. The molecule has 0 aliphatic heterocycles. The van der Waals surface area contributed by atoms with Crippen molar-refractivity contribution in [3.05, 3.63) is 108 Å². The number of benzene rings is 3. The van der Waals surface area contributed by atoms with E-state index in [0.29, 0.717) is 0 Å². The van der Waals surface area contributed by atoms with Gasteiger partial charge in [0, 0.05) is 6.04 Å². The Kier molecular flexibility index (Phi) is 4.67. The molecular formula is C21H21N. The third-order valence-electron chi connectivity index (χ3n) is 3.98. The molecule has 0 fully saturated rings. The van der Waals surface area contributed by atoms with Crippen LogP contribution in [0.5, 0.6) is 0 Å². The van der Waals surface area contributed by atoms with Gasteiger partial charge in [-0.15, -0.1) is 0 Å². The third kappa shape index (κ3) is 3.44. The second kappa shape index (κ2) is 7.06. The van der Waals surface area contributed by atoms with Crippen molar-refractivity contribution in [3.63, 3.8) is 0 Å². The summed E-state index contributed by atoms with van der Waals surface area (Å²) in [6.07, 6.45) is 0. The molecule has 1 nitrogen and oxygen atoms in total. The van der Waals surface area contributed by atoms with Gasteiger partial charge in [-0.05, 0) is 23.6 Å². The highest BCUT2D eigenvalue weighted by atomic mass is 14.9. The van der Waals surface area contributed by atoms with Gasteiger partial charge in [0.05, 0.1) is 6.04 Å². The zero-order valence-electron chi connectivity index (χ0n) is 12.8. The maximum Gasteiger partial charge on any atom is 0.0581 e. The fourth-order valence-corrected chi connectivity index (χ4v) is 2.76. The largest absolute Gasteiger partial charge is 0.300 e. The number of rotatable bonds is 5. The molecule has 0 aromatic heterocycles. The Morgan fingerprint density at radius 1 is 0.545 bits per heavy atom. The first kappa shape index (κ1) is 14.6. The lowest BCUT2D eigenvalue weighted by Gasteiger charge is -2.24. The molecule has 0 heterocycles. The van der Waals surface area contributed by atoms with Crippen molar-refractivity contribution in [3.8, 4) is 0 Å². The van der Waals surface area contributed by atoms with E-state index in [9.17, 15) is 0 Å². The average molecular weight is 287 g/mol. The predicted molar refractivity (Wildman–Crippen MR) is 92.7 cm³/mol. The lowest BCUT2D eigenvalue weighted by molar-refractivity contribution is 0.516. The molecule has 0 amide bonds. The predicted octanol–water partition coefficient (Wildman–Crippen LogP) is 5.13. The molecule has 1 heteroatoms. The first-order valence-corrected chi connectivity index (χ1v) is 7.75. The van der Waals surface area contributed by atoms with E-state index in [-0.39, 0.29) is 12.1 Å².